The Balaban J connectivity index is 3.16. The predicted molar refractivity (Wildman–Crippen MR) is 64.4 cm³/mol. The van der Waals surface area contributed by atoms with Gasteiger partial charge in [0.1, 0.15) is 6.10 Å². The second kappa shape index (κ2) is 5.19. The molecule has 0 aliphatic carbocycles. The van der Waals surface area contributed by atoms with Gasteiger partial charge in [-0.25, -0.2) is 0 Å². The molecule has 0 aliphatic heterocycles. The van der Waals surface area contributed by atoms with Crippen molar-refractivity contribution in [3.05, 3.63) is 45.9 Å². The molecule has 1 rings (SSSR count). The van der Waals surface area contributed by atoms with Crippen molar-refractivity contribution in [3.8, 4) is 0 Å². The Morgan fingerprint density at radius 1 is 1.33 bits per heavy atom. The monoisotopic (exact) mass is 346 g/mol. The smallest absolute Gasteiger partial charge is 0.344 e. The van der Waals surface area contributed by atoms with E-state index < -0.39 is 28.0 Å². The number of benzene rings is 1. The zero-order valence-corrected chi connectivity index (χ0v) is 11.2. The van der Waals surface area contributed by atoms with Crippen molar-refractivity contribution in [1.82, 2.24) is 0 Å². The molecule has 7 heteroatoms. The Kier molecular flexibility index (Phi) is 4.46. The molecule has 1 unspecified atom stereocenters. The number of hydrogen-bond acceptors (Lipinski definition) is 1. The second-order valence-corrected chi connectivity index (χ2v) is 4.95. The zero-order chi connectivity index (χ0) is 14.1. The van der Waals surface area contributed by atoms with Crippen LogP contribution in [0.25, 0.3) is 0 Å². The molecule has 1 aromatic carbocycles. The van der Waals surface area contributed by atoms with Gasteiger partial charge in [-0.1, -0.05) is 30.3 Å². The van der Waals surface area contributed by atoms with Crippen LogP contribution < -0.4 is 0 Å². The quantitative estimate of drug-likeness (QED) is 0.792. The lowest BCUT2D eigenvalue weighted by molar-refractivity contribution is -0.233. The molecule has 0 heterocycles. The van der Waals surface area contributed by atoms with Crippen molar-refractivity contribution in [1.29, 1.82) is 0 Å². The van der Waals surface area contributed by atoms with Gasteiger partial charge in [0.2, 0.25) is 0 Å². The van der Waals surface area contributed by atoms with E-state index in [1.165, 1.54) is 12.1 Å². The summed E-state index contributed by atoms with van der Waals surface area (Å²) in [5.74, 6) is -9.30. The molecule has 1 nitrogen and oxygen atoms in total. The summed E-state index contributed by atoms with van der Waals surface area (Å²) in [6.07, 6.45) is -2.69. The predicted octanol–water partition coefficient (Wildman–Crippen LogP) is 4.55. The van der Waals surface area contributed by atoms with Gasteiger partial charge in [0.05, 0.1) is 4.48 Å². The van der Waals surface area contributed by atoms with Crippen LogP contribution in [0.1, 0.15) is 11.7 Å². The Morgan fingerprint density at radius 2 is 1.89 bits per heavy atom. The fourth-order valence-electron chi connectivity index (χ4n) is 1.24. The summed E-state index contributed by atoms with van der Waals surface area (Å²) in [4.78, 5) is 0. The van der Waals surface area contributed by atoms with E-state index in [0.717, 1.165) is 12.1 Å². The van der Waals surface area contributed by atoms with Crippen molar-refractivity contribution >= 4 is 27.5 Å². The van der Waals surface area contributed by atoms with Crippen molar-refractivity contribution in [3.63, 3.8) is 0 Å². The first-order valence-corrected chi connectivity index (χ1v) is 5.82. The van der Waals surface area contributed by atoms with Gasteiger partial charge in [-0.2, -0.15) is 17.6 Å². The summed E-state index contributed by atoms with van der Waals surface area (Å²) in [5, 5.41) is 9.47. The van der Waals surface area contributed by atoms with Gasteiger partial charge in [0.15, 0.2) is 0 Å². The molecule has 0 aliphatic rings. The topological polar surface area (TPSA) is 20.2 Å². The lowest BCUT2D eigenvalue weighted by Crippen LogP contribution is -2.45. The van der Waals surface area contributed by atoms with Gasteiger partial charge in [0, 0.05) is 5.02 Å². The second-order valence-electron chi connectivity index (χ2n) is 3.56. The number of allylic oxidation sites excluding steroid dienone is 1. The summed E-state index contributed by atoms with van der Waals surface area (Å²) in [5.41, 5.74) is -0.402. The Morgan fingerprint density at radius 3 is 2.33 bits per heavy atom. The van der Waals surface area contributed by atoms with Gasteiger partial charge in [-0.3, -0.25) is 0 Å². The highest BCUT2D eigenvalue weighted by Gasteiger charge is 2.62. The van der Waals surface area contributed by atoms with Crippen LogP contribution in [-0.4, -0.2) is 17.0 Å². The number of hydrogen-bond donors (Lipinski definition) is 1. The molecular formula is C11H8BrClF4O. The van der Waals surface area contributed by atoms with Gasteiger partial charge < -0.3 is 5.11 Å². The summed E-state index contributed by atoms with van der Waals surface area (Å²) in [6, 6.07) is 4.72. The van der Waals surface area contributed by atoms with E-state index >= 15 is 0 Å². The fourth-order valence-corrected chi connectivity index (χ4v) is 1.70. The third-order valence-electron chi connectivity index (χ3n) is 2.27. The van der Waals surface area contributed by atoms with Crippen LogP contribution in [0, 0.1) is 0 Å². The molecule has 0 amide bonds. The van der Waals surface area contributed by atoms with E-state index in [1.54, 1.807) is 0 Å². The Labute approximate surface area is 114 Å². The Bertz CT molecular complexity index is 464. The van der Waals surface area contributed by atoms with Gasteiger partial charge in [-0.05, 0) is 33.6 Å². The summed E-state index contributed by atoms with van der Waals surface area (Å²) >= 11 is 7.77. The lowest BCUT2D eigenvalue weighted by atomic mass is 9.98. The third-order valence-corrected chi connectivity index (χ3v) is 3.00. The third kappa shape index (κ3) is 2.70. The highest BCUT2D eigenvalue weighted by atomic mass is 79.9. The SMILES string of the molecule is C=C(Br)C(F)(F)C(F)(F)C(O)c1cccc(Cl)c1. The van der Waals surface area contributed by atoms with E-state index in [9.17, 15) is 22.7 Å². The van der Waals surface area contributed by atoms with Gasteiger partial charge >= 0.3 is 11.8 Å². The number of halogens is 6. The normalized spacial score (nSPS) is 14.4. The van der Waals surface area contributed by atoms with E-state index in [4.69, 9.17) is 11.6 Å². The first-order chi connectivity index (χ1) is 8.10. The van der Waals surface area contributed by atoms with Crippen molar-refractivity contribution in [2.45, 2.75) is 17.9 Å². The van der Waals surface area contributed by atoms with E-state index in [0.29, 0.717) is 0 Å². The molecule has 0 saturated carbocycles. The van der Waals surface area contributed by atoms with Crippen LogP contribution in [0.4, 0.5) is 17.6 Å². The van der Waals surface area contributed by atoms with Crippen LogP contribution in [0.15, 0.2) is 35.3 Å². The molecule has 0 spiro atoms. The van der Waals surface area contributed by atoms with Crippen molar-refractivity contribution < 1.29 is 22.7 Å². The van der Waals surface area contributed by atoms with Crippen molar-refractivity contribution in [2.75, 3.05) is 0 Å². The van der Waals surface area contributed by atoms with Crippen LogP contribution in [0.2, 0.25) is 5.02 Å². The largest absolute Gasteiger partial charge is 0.382 e. The highest BCUT2D eigenvalue weighted by Crippen LogP contribution is 2.48. The van der Waals surface area contributed by atoms with E-state index in [1.807, 2.05) is 0 Å². The highest BCUT2D eigenvalue weighted by molar-refractivity contribution is 9.11. The van der Waals surface area contributed by atoms with Crippen LogP contribution in [0.5, 0.6) is 0 Å². The minimum Gasteiger partial charge on any atom is -0.382 e. The lowest BCUT2D eigenvalue weighted by Gasteiger charge is -2.30. The summed E-state index contributed by atoms with van der Waals surface area (Å²) in [6.45, 7) is 2.74. The number of aliphatic hydroxyl groups excluding tert-OH is 1. The maximum atomic E-state index is 13.5. The van der Waals surface area contributed by atoms with Gasteiger partial charge in [0.25, 0.3) is 0 Å². The maximum absolute atomic E-state index is 13.5. The Hall–Kier alpha value is -0.590. The van der Waals surface area contributed by atoms with Crippen LogP contribution in [-0.2, 0) is 0 Å². The molecule has 18 heavy (non-hydrogen) atoms. The van der Waals surface area contributed by atoms with Gasteiger partial charge in [-0.15, -0.1) is 0 Å². The van der Waals surface area contributed by atoms with E-state index in [2.05, 4.69) is 22.5 Å². The summed E-state index contributed by atoms with van der Waals surface area (Å²) < 4.78 is 52.4. The average molecular weight is 348 g/mol. The maximum Gasteiger partial charge on any atom is 0.344 e. The zero-order valence-electron chi connectivity index (χ0n) is 8.81. The molecule has 0 radical (unpaired) electrons. The molecule has 0 fully saturated rings. The molecule has 0 saturated heterocycles. The number of alkyl halides is 4. The van der Waals surface area contributed by atoms with Crippen molar-refractivity contribution in [2.24, 2.45) is 0 Å². The number of rotatable bonds is 4. The van der Waals surface area contributed by atoms with Crippen LogP contribution in [0.3, 0.4) is 0 Å². The minimum atomic E-state index is -4.71. The van der Waals surface area contributed by atoms with E-state index in [-0.39, 0.29) is 5.02 Å². The molecule has 0 aromatic heterocycles. The molecular weight excluding hydrogens is 339 g/mol. The molecule has 1 N–H and O–H groups in total. The molecule has 0 bridgehead atoms. The summed E-state index contributed by atoms with van der Waals surface area (Å²) in [7, 11) is 0. The first kappa shape index (κ1) is 15.5. The molecule has 1 aromatic rings. The van der Waals surface area contributed by atoms with Crippen LogP contribution >= 0.6 is 27.5 Å². The fraction of sp³-hybridized carbons (Fsp3) is 0.273. The number of aliphatic hydroxyl groups is 1. The first-order valence-electron chi connectivity index (χ1n) is 4.64. The average Bonchev–Trinajstić information content (AvgIpc) is 2.27. The minimum absolute atomic E-state index is 0.0586. The standard InChI is InChI=1S/C11H8BrClF4O/c1-6(12)10(14,15)11(16,17)9(18)7-3-2-4-8(13)5-7/h2-5,9,18H,1H2. The molecule has 1 atom stereocenters. The molecule has 100 valence electrons.